The highest BCUT2D eigenvalue weighted by molar-refractivity contribution is 5.98. The molecular weight excluding hydrogens is 428 g/mol. The van der Waals surface area contributed by atoms with Crippen LogP contribution >= 0.6 is 0 Å². The topological polar surface area (TPSA) is 90.5 Å². The van der Waals surface area contributed by atoms with Gasteiger partial charge >= 0.3 is 0 Å². The normalized spacial score (nSPS) is 16.5. The molecule has 1 saturated heterocycles. The number of anilines is 2. The van der Waals surface area contributed by atoms with Crippen LogP contribution in [0.3, 0.4) is 0 Å². The molecule has 0 unspecified atom stereocenters. The zero-order valence-electron chi connectivity index (χ0n) is 19.6. The largest absolute Gasteiger partial charge is 0.376 e. The van der Waals surface area contributed by atoms with Crippen molar-refractivity contribution in [2.45, 2.75) is 57.4 Å². The van der Waals surface area contributed by atoms with Gasteiger partial charge in [-0.2, -0.15) is 0 Å². The zero-order valence-corrected chi connectivity index (χ0v) is 19.6. The summed E-state index contributed by atoms with van der Waals surface area (Å²) in [4.78, 5) is 39.7. The van der Waals surface area contributed by atoms with Crippen molar-refractivity contribution in [3.05, 3.63) is 59.7 Å². The van der Waals surface area contributed by atoms with Gasteiger partial charge in [0, 0.05) is 41.6 Å². The zero-order chi connectivity index (χ0) is 23.8. The first-order chi connectivity index (χ1) is 16.6. The molecule has 1 saturated carbocycles. The maximum Gasteiger partial charge on any atom is 0.253 e. The Labute approximate surface area is 201 Å². The number of hydrogen-bond donors (Lipinski definition) is 3. The molecule has 0 bridgehead atoms. The first kappa shape index (κ1) is 23.8. The minimum atomic E-state index is -0.224. The van der Waals surface area contributed by atoms with E-state index in [1.165, 1.54) is 12.8 Å². The number of likely N-dealkylation sites (tertiary alicyclic amines) is 1. The monoisotopic (exact) mass is 462 g/mol. The summed E-state index contributed by atoms with van der Waals surface area (Å²) >= 11 is 0. The van der Waals surface area contributed by atoms with Gasteiger partial charge in [-0.1, -0.05) is 31.4 Å². The van der Waals surface area contributed by atoms with E-state index in [1.807, 2.05) is 23.1 Å². The molecule has 2 aliphatic rings. The lowest BCUT2D eigenvalue weighted by atomic mass is 9.95. The van der Waals surface area contributed by atoms with Crippen molar-refractivity contribution in [2.75, 3.05) is 30.3 Å². The Morgan fingerprint density at radius 2 is 1.44 bits per heavy atom. The van der Waals surface area contributed by atoms with E-state index in [1.54, 1.807) is 30.3 Å². The molecule has 0 radical (unpaired) electrons. The molecule has 2 fully saturated rings. The number of carbonyl (C=O) groups is 3. The Hall–Kier alpha value is -3.35. The van der Waals surface area contributed by atoms with Crippen LogP contribution < -0.4 is 16.0 Å². The van der Waals surface area contributed by atoms with Gasteiger partial charge in [0.25, 0.3) is 11.8 Å². The van der Waals surface area contributed by atoms with Crippen LogP contribution in [0.1, 0.15) is 72.1 Å². The van der Waals surface area contributed by atoms with E-state index in [9.17, 15) is 14.4 Å². The Bertz CT molecular complexity index is 1010. The number of carbonyl (C=O) groups excluding carboxylic acids is 3. The summed E-state index contributed by atoms with van der Waals surface area (Å²) in [6, 6.07) is 14.5. The second-order valence-electron chi connectivity index (χ2n) is 9.22. The molecule has 7 nitrogen and oxygen atoms in total. The van der Waals surface area contributed by atoms with Gasteiger partial charge in [0.2, 0.25) is 5.91 Å². The van der Waals surface area contributed by atoms with Gasteiger partial charge in [0.15, 0.2) is 0 Å². The summed E-state index contributed by atoms with van der Waals surface area (Å²) in [6.45, 7) is 1.66. The van der Waals surface area contributed by atoms with Gasteiger partial charge in [-0.3, -0.25) is 14.4 Å². The summed E-state index contributed by atoms with van der Waals surface area (Å²) in [6.07, 6.45) is 8.88. The second-order valence-corrected chi connectivity index (χ2v) is 9.22. The summed E-state index contributed by atoms with van der Waals surface area (Å²) < 4.78 is 0. The highest BCUT2D eigenvalue weighted by Gasteiger charge is 2.19. The molecule has 1 aliphatic carbocycles. The van der Waals surface area contributed by atoms with Crippen molar-refractivity contribution in [3.8, 4) is 0 Å². The van der Waals surface area contributed by atoms with E-state index in [-0.39, 0.29) is 30.3 Å². The molecule has 4 rings (SSSR count). The Balaban J connectivity index is 1.29. The first-order valence-electron chi connectivity index (χ1n) is 12.4. The van der Waals surface area contributed by atoms with Crippen LogP contribution in [0.2, 0.25) is 0 Å². The Morgan fingerprint density at radius 1 is 0.794 bits per heavy atom. The van der Waals surface area contributed by atoms with Gasteiger partial charge in [-0.15, -0.1) is 0 Å². The molecule has 34 heavy (non-hydrogen) atoms. The van der Waals surface area contributed by atoms with Crippen molar-refractivity contribution < 1.29 is 14.4 Å². The molecule has 1 aliphatic heterocycles. The molecule has 3 amide bonds. The van der Waals surface area contributed by atoms with Crippen LogP contribution in [-0.4, -0.2) is 48.3 Å². The predicted molar refractivity (Wildman–Crippen MR) is 134 cm³/mol. The Kier molecular flexibility index (Phi) is 8.17. The average Bonchev–Trinajstić information content (AvgIpc) is 2.88. The van der Waals surface area contributed by atoms with Crippen molar-refractivity contribution in [1.29, 1.82) is 0 Å². The molecule has 7 heteroatoms. The highest BCUT2D eigenvalue weighted by Crippen LogP contribution is 2.19. The van der Waals surface area contributed by atoms with E-state index in [0.29, 0.717) is 16.8 Å². The van der Waals surface area contributed by atoms with Gasteiger partial charge in [-0.25, -0.2) is 0 Å². The quantitative estimate of drug-likeness (QED) is 0.568. The molecule has 0 aromatic heterocycles. The van der Waals surface area contributed by atoms with Gasteiger partial charge < -0.3 is 20.9 Å². The van der Waals surface area contributed by atoms with Crippen LogP contribution in [0.15, 0.2) is 48.5 Å². The van der Waals surface area contributed by atoms with Gasteiger partial charge in [0.1, 0.15) is 0 Å². The third-order valence-electron chi connectivity index (χ3n) is 6.55. The molecule has 2 aromatic rings. The minimum Gasteiger partial charge on any atom is -0.376 e. The molecular formula is C27H34N4O3. The predicted octanol–water partition coefficient (Wildman–Crippen LogP) is 4.43. The third kappa shape index (κ3) is 6.59. The maximum absolute atomic E-state index is 12.7. The molecule has 180 valence electrons. The van der Waals surface area contributed by atoms with Crippen LogP contribution in [-0.2, 0) is 4.79 Å². The summed E-state index contributed by atoms with van der Waals surface area (Å²) in [7, 11) is 0. The highest BCUT2D eigenvalue weighted by atomic mass is 16.2. The van der Waals surface area contributed by atoms with E-state index < -0.39 is 0 Å². The van der Waals surface area contributed by atoms with Crippen molar-refractivity contribution in [2.24, 2.45) is 0 Å². The Morgan fingerprint density at radius 3 is 2.21 bits per heavy atom. The molecule has 1 heterocycles. The lowest BCUT2D eigenvalue weighted by molar-refractivity contribution is -0.114. The number of amides is 3. The first-order valence-corrected chi connectivity index (χ1v) is 12.4. The van der Waals surface area contributed by atoms with E-state index in [2.05, 4.69) is 16.0 Å². The van der Waals surface area contributed by atoms with E-state index >= 15 is 0 Å². The third-order valence-corrected chi connectivity index (χ3v) is 6.55. The molecule has 2 aromatic carbocycles. The number of hydrogen-bond acceptors (Lipinski definition) is 4. The van der Waals surface area contributed by atoms with E-state index in [0.717, 1.165) is 57.3 Å². The summed E-state index contributed by atoms with van der Waals surface area (Å²) in [5.74, 6) is -0.287. The fourth-order valence-corrected chi connectivity index (χ4v) is 4.68. The lowest BCUT2D eigenvalue weighted by Crippen LogP contribution is -2.36. The number of rotatable bonds is 7. The minimum absolute atomic E-state index is 0.0381. The number of nitrogens with one attached hydrogen (secondary N) is 3. The number of piperidine rings is 1. The average molecular weight is 463 g/mol. The number of benzene rings is 2. The van der Waals surface area contributed by atoms with Crippen molar-refractivity contribution >= 4 is 29.1 Å². The molecule has 0 spiro atoms. The fourth-order valence-electron chi connectivity index (χ4n) is 4.68. The van der Waals surface area contributed by atoms with Crippen LogP contribution in [0.25, 0.3) is 0 Å². The SMILES string of the molecule is O=C(CNc1cccc(C(=O)N2CCCCC2)c1)Nc1cccc(C(=O)NC2CCCCC2)c1. The second kappa shape index (κ2) is 11.7. The number of nitrogens with zero attached hydrogens (tertiary/aromatic N) is 1. The van der Waals surface area contributed by atoms with Gasteiger partial charge in [0.05, 0.1) is 6.54 Å². The van der Waals surface area contributed by atoms with Crippen molar-refractivity contribution in [3.63, 3.8) is 0 Å². The molecule has 0 atom stereocenters. The van der Waals surface area contributed by atoms with Crippen molar-refractivity contribution in [1.82, 2.24) is 10.2 Å². The molecule has 3 N–H and O–H groups in total. The standard InChI is InChI=1S/C27H34N4O3/c32-25(19-28-23-13-8-10-21(18-23)27(34)31-15-5-2-6-16-31)29-24-14-7-9-20(17-24)26(33)30-22-11-3-1-4-12-22/h7-10,13-14,17-18,22,28H,1-6,11-12,15-16,19H2,(H,29,32)(H,30,33). The van der Waals surface area contributed by atoms with Crippen LogP contribution in [0.4, 0.5) is 11.4 Å². The van der Waals surface area contributed by atoms with E-state index in [4.69, 9.17) is 0 Å². The maximum atomic E-state index is 12.7. The van der Waals surface area contributed by atoms with Gasteiger partial charge in [-0.05, 0) is 68.5 Å². The summed E-state index contributed by atoms with van der Waals surface area (Å²) in [5, 5.41) is 9.04. The fraction of sp³-hybridized carbons (Fsp3) is 0.444. The van der Waals surface area contributed by atoms with Crippen LogP contribution in [0, 0.1) is 0 Å². The van der Waals surface area contributed by atoms with Crippen LogP contribution in [0.5, 0.6) is 0 Å². The smallest absolute Gasteiger partial charge is 0.253 e. The summed E-state index contributed by atoms with van der Waals surface area (Å²) in [5.41, 5.74) is 2.47. The lowest BCUT2D eigenvalue weighted by Gasteiger charge is -2.26.